The number of phenols is 2. The molecular formula is C8H14BNO2. The minimum atomic E-state index is 0.169. The molecule has 1 aromatic rings. The zero-order valence-electron chi connectivity index (χ0n) is 7.65. The quantitative estimate of drug-likeness (QED) is 0.428. The van der Waals surface area contributed by atoms with Crippen LogP contribution >= 0.6 is 0 Å². The first-order valence-corrected chi connectivity index (χ1v) is 3.61. The van der Waals surface area contributed by atoms with Crippen LogP contribution in [-0.2, 0) is 0 Å². The molecule has 66 valence electrons. The molecule has 0 atom stereocenters. The highest BCUT2D eigenvalue weighted by Crippen LogP contribution is 2.13. The largest absolute Gasteiger partial charge is 0.508 e. The summed E-state index contributed by atoms with van der Waals surface area (Å²) in [5.74, 6) is 0.339. The van der Waals surface area contributed by atoms with Gasteiger partial charge in [0.2, 0.25) is 0 Å². The standard InChI is InChI=1S/C6H6O2.C2H8BN/c7-5-1-2-6(8)4-3-5;1-4(2)3/h1-4,7-8H;3H2,1-2H3. The Kier molecular flexibility index (Phi) is 4.96. The highest BCUT2D eigenvalue weighted by atomic mass is 16.3. The Morgan fingerprint density at radius 1 is 1.00 bits per heavy atom. The summed E-state index contributed by atoms with van der Waals surface area (Å²) in [5.41, 5.74) is 0. The van der Waals surface area contributed by atoms with Crippen LogP contribution in [0.3, 0.4) is 0 Å². The minimum Gasteiger partial charge on any atom is -0.508 e. The van der Waals surface area contributed by atoms with Crippen LogP contribution in [0.4, 0.5) is 0 Å². The molecule has 0 aliphatic rings. The average Bonchev–Trinajstić information content (AvgIpc) is 1.94. The van der Waals surface area contributed by atoms with Crippen molar-refractivity contribution in [2.24, 2.45) is 0 Å². The number of nitrogens with zero attached hydrogens (tertiary/aromatic N) is 1. The van der Waals surface area contributed by atoms with Gasteiger partial charge < -0.3 is 15.0 Å². The Labute approximate surface area is 73.7 Å². The maximum atomic E-state index is 8.65. The maximum absolute atomic E-state index is 8.65. The lowest BCUT2D eigenvalue weighted by Gasteiger charge is -1.90. The fourth-order valence-electron chi connectivity index (χ4n) is 0.453. The number of hydrogen-bond donors (Lipinski definition) is 2. The number of phenolic OH excluding ortho intramolecular Hbond substituents is 2. The number of aromatic hydroxyl groups is 2. The molecule has 1 rings (SSSR count). The summed E-state index contributed by atoms with van der Waals surface area (Å²) in [6.45, 7) is 0. The van der Waals surface area contributed by atoms with E-state index in [1.165, 1.54) is 24.3 Å². The Bertz CT molecular complexity index is 187. The molecule has 0 unspecified atom stereocenters. The number of rotatable bonds is 0. The molecule has 0 radical (unpaired) electrons. The van der Waals surface area contributed by atoms with E-state index >= 15 is 0 Å². The van der Waals surface area contributed by atoms with Crippen molar-refractivity contribution in [3.05, 3.63) is 24.3 Å². The van der Waals surface area contributed by atoms with Crippen LogP contribution in [-0.4, -0.2) is 37.1 Å². The van der Waals surface area contributed by atoms with E-state index in [1.807, 2.05) is 26.9 Å². The summed E-state index contributed by atoms with van der Waals surface area (Å²) < 4.78 is 0. The Morgan fingerprint density at radius 2 is 1.17 bits per heavy atom. The van der Waals surface area contributed by atoms with Gasteiger partial charge in [0.15, 0.2) is 7.98 Å². The lowest BCUT2D eigenvalue weighted by molar-refractivity contribution is 0.460. The maximum Gasteiger partial charge on any atom is 0.184 e. The molecule has 0 saturated carbocycles. The molecule has 2 N–H and O–H groups in total. The second-order valence-corrected chi connectivity index (χ2v) is 2.86. The minimum absolute atomic E-state index is 0.169. The second-order valence-electron chi connectivity index (χ2n) is 2.86. The molecule has 0 aromatic heterocycles. The zero-order chi connectivity index (χ0) is 9.56. The van der Waals surface area contributed by atoms with Crippen molar-refractivity contribution in [2.75, 3.05) is 14.1 Å². The van der Waals surface area contributed by atoms with E-state index in [0.717, 1.165) is 0 Å². The Hall–Kier alpha value is -1.16. The van der Waals surface area contributed by atoms with Gasteiger partial charge in [-0.3, -0.25) is 0 Å². The fourth-order valence-corrected chi connectivity index (χ4v) is 0.453. The van der Waals surface area contributed by atoms with Crippen molar-refractivity contribution in [2.45, 2.75) is 0 Å². The smallest absolute Gasteiger partial charge is 0.184 e. The monoisotopic (exact) mass is 167 g/mol. The summed E-state index contributed by atoms with van der Waals surface area (Å²) in [4.78, 5) is 2.00. The summed E-state index contributed by atoms with van der Waals surface area (Å²) in [6.07, 6.45) is 0. The van der Waals surface area contributed by atoms with Crippen molar-refractivity contribution in [1.29, 1.82) is 0 Å². The second kappa shape index (κ2) is 5.49. The van der Waals surface area contributed by atoms with E-state index in [-0.39, 0.29) is 11.5 Å². The lowest BCUT2D eigenvalue weighted by atomic mass is 10.3. The van der Waals surface area contributed by atoms with Gasteiger partial charge in [0, 0.05) is 0 Å². The van der Waals surface area contributed by atoms with Crippen molar-refractivity contribution in [1.82, 2.24) is 4.81 Å². The van der Waals surface area contributed by atoms with Gasteiger partial charge in [0.05, 0.1) is 0 Å². The van der Waals surface area contributed by atoms with E-state index in [2.05, 4.69) is 0 Å². The normalized spacial score (nSPS) is 8.92. The third-order valence-corrected chi connectivity index (χ3v) is 0.850. The van der Waals surface area contributed by atoms with E-state index in [4.69, 9.17) is 10.2 Å². The third kappa shape index (κ3) is 6.96. The first-order chi connectivity index (χ1) is 5.52. The molecule has 0 aliphatic heterocycles. The van der Waals surface area contributed by atoms with Crippen molar-refractivity contribution >= 4 is 7.98 Å². The molecule has 0 saturated heterocycles. The van der Waals surface area contributed by atoms with Gasteiger partial charge in [-0.15, -0.1) is 0 Å². The molecular weight excluding hydrogens is 153 g/mol. The van der Waals surface area contributed by atoms with Gasteiger partial charge >= 0.3 is 0 Å². The molecule has 0 spiro atoms. The van der Waals surface area contributed by atoms with E-state index in [1.54, 1.807) is 0 Å². The van der Waals surface area contributed by atoms with Gasteiger partial charge in [-0.2, -0.15) is 0 Å². The van der Waals surface area contributed by atoms with E-state index in [9.17, 15) is 0 Å². The summed E-state index contributed by atoms with van der Waals surface area (Å²) >= 11 is 0. The molecule has 3 nitrogen and oxygen atoms in total. The van der Waals surface area contributed by atoms with Crippen LogP contribution in [0.15, 0.2) is 24.3 Å². The van der Waals surface area contributed by atoms with Gasteiger partial charge in [-0.1, -0.05) is 0 Å². The highest BCUT2D eigenvalue weighted by molar-refractivity contribution is 6.03. The Balaban J connectivity index is 0.000000261. The molecule has 0 heterocycles. The highest BCUT2D eigenvalue weighted by Gasteiger charge is 1.84. The van der Waals surface area contributed by atoms with Gasteiger partial charge in [0.25, 0.3) is 0 Å². The summed E-state index contributed by atoms with van der Waals surface area (Å²) in [7, 11) is 6.00. The average molecular weight is 167 g/mol. The van der Waals surface area contributed by atoms with Crippen LogP contribution in [0.25, 0.3) is 0 Å². The van der Waals surface area contributed by atoms with Crippen LogP contribution in [0.5, 0.6) is 11.5 Å². The zero-order valence-corrected chi connectivity index (χ0v) is 7.65. The van der Waals surface area contributed by atoms with Crippen LogP contribution in [0.2, 0.25) is 0 Å². The van der Waals surface area contributed by atoms with Crippen molar-refractivity contribution < 1.29 is 10.2 Å². The molecule has 4 heteroatoms. The van der Waals surface area contributed by atoms with Gasteiger partial charge in [0.1, 0.15) is 11.5 Å². The Morgan fingerprint density at radius 3 is 1.33 bits per heavy atom. The molecule has 0 fully saturated rings. The summed E-state index contributed by atoms with van der Waals surface area (Å²) in [6, 6.07) is 5.70. The van der Waals surface area contributed by atoms with Gasteiger partial charge in [-0.05, 0) is 38.4 Å². The first kappa shape index (κ1) is 10.8. The van der Waals surface area contributed by atoms with Gasteiger partial charge in [-0.25, -0.2) is 0 Å². The molecule has 12 heavy (non-hydrogen) atoms. The van der Waals surface area contributed by atoms with Crippen LogP contribution < -0.4 is 0 Å². The summed E-state index contributed by atoms with van der Waals surface area (Å²) in [5, 5.41) is 17.3. The van der Waals surface area contributed by atoms with Crippen molar-refractivity contribution in [3.8, 4) is 11.5 Å². The van der Waals surface area contributed by atoms with Crippen LogP contribution in [0.1, 0.15) is 0 Å². The fraction of sp³-hybridized carbons (Fsp3) is 0.250. The predicted octanol–water partition coefficient (Wildman–Crippen LogP) is 0.194. The number of benzene rings is 1. The molecule has 0 amide bonds. The molecule has 1 aromatic carbocycles. The van der Waals surface area contributed by atoms with Crippen LogP contribution in [0, 0.1) is 0 Å². The molecule has 0 bridgehead atoms. The number of hydrogen-bond acceptors (Lipinski definition) is 3. The third-order valence-electron chi connectivity index (χ3n) is 0.850. The predicted molar refractivity (Wildman–Crippen MR) is 52.0 cm³/mol. The SMILES string of the molecule is BN(C)C.Oc1ccc(O)cc1. The van der Waals surface area contributed by atoms with E-state index < -0.39 is 0 Å². The van der Waals surface area contributed by atoms with E-state index in [0.29, 0.717) is 0 Å². The van der Waals surface area contributed by atoms with Crippen molar-refractivity contribution in [3.63, 3.8) is 0 Å². The first-order valence-electron chi connectivity index (χ1n) is 3.61. The lowest BCUT2D eigenvalue weighted by Crippen LogP contribution is -2.02. The topological polar surface area (TPSA) is 43.7 Å². The molecule has 0 aliphatic carbocycles.